The number of fused-ring (bicyclic) bond motifs is 2. The molecule has 2 bridgehead atoms. The lowest BCUT2D eigenvalue weighted by atomic mass is 9.82. The fourth-order valence-corrected chi connectivity index (χ4v) is 4.31. The Bertz CT molecular complexity index is 446. The zero-order valence-corrected chi connectivity index (χ0v) is 11.8. The smallest absolute Gasteiger partial charge is 0.0611 e. The van der Waals surface area contributed by atoms with Gasteiger partial charge in [-0.05, 0) is 54.7 Å². The summed E-state index contributed by atoms with van der Waals surface area (Å²) >= 11 is 12.0. The first-order valence-electron chi connectivity index (χ1n) is 6.75. The van der Waals surface area contributed by atoms with E-state index < -0.39 is 0 Å². The summed E-state index contributed by atoms with van der Waals surface area (Å²) in [5, 5.41) is 11.7. The molecule has 2 fully saturated rings. The van der Waals surface area contributed by atoms with Crippen molar-refractivity contribution in [2.24, 2.45) is 17.8 Å². The van der Waals surface area contributed by atoms with Gasteiger partial charge in [0.1, 0.15) is 0 Å². The minimum absolute atomic E-state index is 0.251. The molecule has 0 aliphatic heterocycles. The number of halogens is 2. The Kier molecular flexibility index (Phi) is 3.57. The maximum Gasteiger partial charge on any atom is 0.0611 e. The molecule has 1 aromatic rings. The summed E-state index contributed by atoms with van der Waals surface area (Å²) in [6.07, 6.45) is 5.62. The molecule has 0 amide bonds. The molecular formula is C15H18Cl2O. The molecule has 0 aromatic heterocycles. The molecule has 1 nitrogen and oxygen atoms in total. The molecule has 3 rings (SSSR count). The van der Waals surface area contributed by atoms with Crippen LogP contribution >= 0.6 is 23.2 Å². The van der Waals surface area contributed by atoms with Crippen molar-refractivity contribution in [1.82, 2.24) is 0 Å². The number of rotatable bonds is 3. The number of hydrogen-bond donors (Lipinski definition) is 1. The first-order valence-corrected chi connectivity index (χ1v) is 7.51. The van der Waals surface area contributed by atoms with Crippen LogP contribution in [0, 0.1) is 17.8 Å². The van der Waals surface area contributed by atoms with E-state index in [0.717, 1.165) is 17.4 Å². The fourth-order valence-electron chi connectivity index (χ4n) is 3.83. The molecule has 18 heavy (non-hydrogen) atoms. The minimum atomic E-state index is -0.251. The molecule has 0 radical (unpaired) electrons. The lowest BCUT2D eigenvalue weighted by Crippen LogP contribution is -2.27. The third-order valence-corrected chi connectivity index (χ3v) is 5.32. The Balaban J connectivity index is 1.69. The monoisotopic (exact) mass is 284 g/mol. The van der Waals surface area contributed by atoms with E-state index in [1.807, 2.05) is 12.1 Å². The first kappa shape index (κ1) is 12.8. The molecule has 2 aliphatic rings. The van der Waals surface area contributed by atoms with Crippen molar-refractivity contribution in [3.8, 4) is 0 Å². The third-order valence-electron chi connectivity index (χ3n) is 4.73. The van der Waals surface area contributed by atoms with Crippen LogP contribution in [-0.4, -0.2) is 11.2 Å². The van der Waals surface area contributed by atoms with E-state index in [0.29, 0.717) is 22.4 Å². The van der Waals surface area contributed by atoms with E-state index >= 15 is 0 Å². The summed E-state index contributed by atoms with van der Waals surface area (Å²) in [5.41, 5.74) is 1.01. The van der Waals surface area contributed by atoms with Gasteiger partial charge in [-0.3, -0.25) is 0 Å². The summed E-state index contributed by atoms with van der Waals surface area (Å²) < 4.78 is 0. The average Bonchev–Trinajstić information content (AvgIpc) is 2.94. The van der Waals surface area contributed by atoms with Crippen LogP contribution in [0.15, 0.2) is 18.2 Å². The quantitative estimate of drug-likeness (QED) is 0.876. The molecule has 0 heterocycles. The molecule has 2 aliphatic carbocycles. The Morgan fingerprint density at radius 2 is 2.06 bits per heavy atom. The molecule has 0 spiro atoms. The van der Waals surface area contributed by atoms with Gasteiger partial charge >= 0.3 is 0 Å². The summed E-state index contributed by atoms with van der Waals surface area (Å²) in [5.74, 6) is 2.10. The largest absolute Gasteiger partial charge is 0.392 e. The van der Waals surface area contributed by atoms with Gasteiger partial charge in [0.05, 0.1) is 6.10 Å². The van der Waals surface area contributed by atoms with E-state index in [1.165, 1.54) is 25.7 Å². The number of hydrogen-bond acceptors (Lipinski definition) is 1. The van der Waals surface area contributed by atoms with Crippen LogP contribution in [0.3, 0.4) is 0 Å². The molecular weight excluding hydrogens is 267 g/mol. The SMILES string of the molecule is OC(Cc1ccc(Cl)cc1Cl)C1CC2CCC1C2. The van der Waals surface area contributed by atoms with Crippen molar-refractivity contribution in [1.29, 1.82) is 0 Å². The molecule has 4 unspecified atom stereocenters. The fraction of sp³-hybridized carbons (Fsp3) is 0.600. The third kappa shape index (κ3) is 2.41. The van der Waals surface area contributed by atoms with Crippen molar-refractivity contribution >= 4 is 23.2 Å². The highest BCUT2D eigenvalue weighted by Crippen LogP contribution is 2.50. The topological polar surface area (TPSA) is 20.2 Å². The predicted octanol–water partition coefficient (Wildman–Crippen LogP) is 4.33. The Hall–Kier alpha value is -0.240. The van der Waals surface area contributed by atoms with Gasteiger partial charge in [-0.25, -0.2) is 0 Å². The van der Waals surface area contributed by atoms with Crippen LogP contribution in [0.1, 0.15) is 31.2 Å². The number of aliphatic hydroxyl groups is 1. The molecule has 0 saturated heterocycles. The number of aliphatic hydroxyl groups excluding tert-OH is 1. The zero-order valence-electron chi connectivity index (χ0n) is 10.3. The Morgan fingerprint density at radius 1 is 1.22 bits per heavy atom. The second kappa shape index (κ2) is 5.03. The van der Waals surface area contributed by atoms with E-state index in [-0.39, 0.29) is 6.10 Å². The molecule has 3 heteroatoms. The lowest BCUT2D eigenvalue weighted by Gasteiger charge is -2.27. The van der Waals surface area contributed by atoms with Crippen LogP contribution in [0.4, 0.5) is 0 Å². The van der Waals surface area contributed by atoms with Gasteiger partial charge in [0, 0.05) is 16.5 Å². The maximum atomic E-state index is 10.4. The van der Waals surface area contributed by atoms with Crippen molar-refractivity contribution in [2.75, 3.05) is 0 Å². The van der Waals surface area contributed by atoms with Crippen LogP contribution < -0.4 is 0 Å². The van der Waals surface area contributed by atoms with Gasteiger partial charge in [0.2, 0.25) is 0 Å². The van der Waals surface area contributed by atoms with E-state index in [9.17, 15) is 5.11 Å². The number of benzene rings is 1. The van der Waals surface area contributed by atoms with Crippen LogP contribution in [0.25, 0.3) is 0 Å². The molecule has 1 N–H and O–H groups in total. The van der Waals surface area contributed by atoms with Gasteiger partial charge in [-0.2, -0.15) is 0 Å². The second-order valence-electron chi connectivity index (χ2n) is 5.85. The molecule has 4 atom stereocenters. The van der Waals surface area contributed by atoms with E-state index in [4.69, 9.17) is 23.2 Å². The van der Waals surface area contributed by atoms with Crippen molar-refractivity contribution in [3.63, 3.8) is 0 Å². The zero-order chi connectivity index (χ0) is 12.7. The predicted molar refractivity (Wildman–Crippen MR) is 75.1 cm³/mol. The van der Waals surface area contributed by atoms with Crippen LogP contribution in [-0.2, 0) is 6.42 Å². The highest BCUT2D eigenvalue weighted by atomic mass is 35.5. The van der Waals surface area contributed by atoms with Gasteiger partial charge in [0.25, 0.3) is 0 Å². The van der Waals surface area contributed by atoms with Crippen LogP contribution in [0.2, 0.25) is 10.0 Å². The molecule has 1 aromatic carbocycles. The minimum Gasteiger partial charge on any atom is -0.392 e. The second-order valence-corrected chi connectivity index (χ2v) is 6.69. The van der Waals surface area contributed by atoms with Gasteiger partial charge in [-0.15, -0.1) is 0 Å². The van der Waals surface area contributed by atoms with Gasteiger partial charge in [-0.1, -0.05) is 35.7 Å². The molecule has 98 valence electrons. The molecule has 2 saturated carbocycles. The first-order chi connectivity index (χ1) is 8.63. The lowest BCUT2D eigenvalue weighted by molar-refractivity contribution is 0.0751. The summed E-state index contributed by atoms with van der Waals surface area (Å²) in [6, 6.07) is 5.53. The highest BCUT2D eigenvalue weighted by Gasteiger charge is 2.42. The average molecular weight is 285 g/mol. The highest BCUT2D eigenvalue weighted by molar-refractivity contribution is 6.35. The van der Waals surface area contributed by atoms with E-state index in [2.05, 4.69) is 0 Å². The van der Waals surface area contributed by atoms with Crippen molar-refractivity contribution < 1.29 is 5.11 Å². The Labute approximate surface area is 118 Å². The summed E-state index contributed by atoms with van der Waals surface area (Å²) in [7, 11) is 0. The van der Waals surface area contributed by atoms with E-state index in [1.54, 1.807) is 6.07 Å². The summed E-state index contributed by atoms with van der Waals surface area (Å²) in [4.78, 5) is 0. The summed E-state index contributed by atoms with van der Waals surface area (Å²) in [6.45, 7) is 0. The normalized spacial score (nSPS) is 31.8. The van der Waals surface area contributed by atoms with Gasteiger partial charge in [0.15, 0.2) is 0 Å². The van der Waals surface area contributed by atoms with Gasteiger partial charge < -0.3 is 5.11 Å². The van der Waals surface area contributed by atoms with Crippen molar-refractivity contribution in [3.05, 3.63) is 33.8 Å². The maximum absolute atomic E-state index is 10.4. The van der Waals surface area contributed by atoms with Crippen molar-refractivity contribution in [2.45, 2.75) is 38.2 Å². The standard InChI is InChI=1S/C15H18Cl2O/c16-12-4-3-11(14(17)8-12)7-15(18)13-6-9-1-2-10(13)5-9/h3-4,8-10,13,15,18H,1-2,5-7H2. The Morgan fingerprint density at radius 3 is 2.67 bits per heavy atom. The van der Waals surface area contributed by atoms with Crippen LogP contribution in [0.5, 0.6) is 0 Å².